The van der Waals surface area contributed by atoms with Crippen LogP contribution < -0.4 is 10.6 Å². The summed E-state index contributed by atoms with van der Waals surface area (Å²) in [6.07, 6.45) is -0.120. The first kappa shape index (κ1) is 22.3. The fraction of sp³-hybridized carbons (Fsp3) is 0.375. The molecular weight excluding hydrogens is 396 g/mol. The Hall–Kier alpha value is -3.35. The van der Waals surface area contributed by atoms with Crippen LogP contribution in [0.25, 0.3) is 11.1 Å². The van der Waals surface area contributed by atoms with Gasteiger partial charge in [-0.2, -0.15) is 0 Å². The quantitative estimate of drug-likeness (QED) is 0.601. The third kappa shape index (κ3) is 4.87. The minimum absolute atomic E-state index is 0.0796. The molecule has 3 N–H and O–H groups in total. The summed E-state index contributed by atoms with van der Waals surface area (Å²) < 4.78 is 5.44. The Bertz CT molecular complexity index is 928. The first-order valence-electron chi connectivity index (χ1n) is 10.5. The number of carbonyl (C=O) groups excluding carboxylic acids is 2. The number of aliphatic carboxylic acids is 1. The van der Waals surface area contributed by atoms with E-state index in [1.165, 1.54) is 6.92 Å². The Morgan fingerprint density at radius 2 is 1.52 bits per heavy atom. The molecule has 0 bridgehead atoms. The number of nitrogens with one attached hydrogen (secondary N) is 2. The molecule has 2 amide bonds. The number of ether oxygens (including phenoxy) is 1. The highest BCUT2D eigenvalue weighted by Gasteiger charge is 2.30. The number of rotatable bonds is 8. The van der Waals surface area contributed by atoms with Crippen LogP contribution in [0.1, 0.15) is 44.2 Å². The number of hydrogen-bond acceptors (Lipinski definition) is 4. The zero-order valence-electron chi connectivity index (χ0n) is 17.9. The van der Waals surface area contributed by atoms with E-state index in [-0.39, 0.29) is 18.4 Å². The standard InChI is InChI=1S/C24H28N2O5/c1-4-14(2)21(23(28)29)26-22(27)15(3)25-24(30)31-13-20-18-11-7-5-9-16(18)17-10-6-8-12-19(17)20/h5-12,14-15,20-21H,4,13H2,1-3H3,(H,25,30)(H,26,27)(H,28,29)/t14?,15-,21?/m1/s1. The van der Waals surface area contributed by atoms with Gasteiger partial charge in [0.05, 0.1) is 0 Å². The van der Waals surface area contributed by atoms with Gasteiger partial charge < -0.3 is 20.5 Å². The molecule has 1 aliphatic rings. The van der Waals surface area contributed by atoms with Crippen molar-refractivity contribution in [2.75, 3.05) is 6.61 Å². The van der Waals surface area contributed by atoms with Crippen LogP contribution in [0.3, 0.4) is 0 Å². The van der Waals surface area contributed by atoms with E-state index in [0.29, 0.717) is 6.42 Å². The third-order valence-electron chi connectivity index (χ3n) is 5.85. The zero-order chi connectivity index (χ0) is 22.5. The number of carboxylic acids is 1. The van der Waals surface area contributed by atoms with Crippen LogP contribution in [0.2, 0.25) is 0 Å². The zero-order valence-corrected chi connectivity index (χ0v) is 17.9. The van der Waals surface area contributed by atoms with Crippen molar-refractivity contribution in [2.24, 2.45) is 5.92 Å². The Balaban J connectivity index is 1.59. The van der Waals surface area contributed by atoms with Crippen molar-refractivity contribution in [1.29, 1.82) is 0 Å². The van der Waals surface area contributed by atoms with Gasteiger partial charge in [0.2, 0.25) is 5.91 Å². The average Bonchev–Trinajstić information content (AvgIpc) is 3.08. The van der Waals surface area contributed by atoms with Gasteiger partial charge in [-0.05, 0) is 35.1 Å². The molecule has 2 aromatic carbocycles. The summed E-state index contributed by atoms with van der Waals surface area (Å²) >= 11 is 0. The highest BCUT2D eigenvalue weighted by Crippen LogP contribution is 2.44. The predicted octanol–water partition coefficient (Wildman–Crippen LogP) is 3.53. The Labute approximate surface area is 181 Å². The average molecular weight is 424 g/mol. The molecule has 2 aromatic rings. The minimum Gasteiger partial charge on any atom is -0.480 e. The van der Waals surface area contributed by atoms with Gasteiger partial charge in [0.25, 0.3) is 0 Å². The summed E-state index contributed by atoms with van der Waals surface area (Å²) in [5, 5.41) is 14.3. The maximum absolute atomic E-state index is 12.4. The monoisotopic (exact) mass is 424 g/mol. The molecule has 0 heterocycles. The van der Waals surface area contributed by atoms with Crippen LogP contribution in [-0.4, -0.2) is 41.8 Å². The van der Waals surface area contributed by atoms with Crippen molar-refractivity contribution in [3.8, 4) is 11.1 Å². The Morgan fingerprint density at radius 1 is 0.968 bits per heavy atom. The molecule has 0 aliphatic heterocycles. The van der Waals surface area contributed by atoms with E-state index in [1.807, 2.05) is 43.3 Å². The first-order chi connectivity index (χ1) is 14.8. The number of carbonyl (C=O) groups is 3. The fourth-order valence-electron chi connectivity index (χ4n) is 3.84. The van der Waals surface area contributed by atoms with Crippen molar-refractivity contribution >= 4 is 18.0 Å². The normalized spacial score (nSPS) is 15.2. The van der Waals surface area contributed by atoms with Gasteiger partial charge in [-0.25, -0.2) is 9.59 Å². The number of fused-ring (bicyclic) bond motifs is 3. The minimum atomic E-state index is -1.10. The SMILES string of the molecule is CCC(C)C(NC(=O)[C@@H](C)NC(=O)OCC1c2ccccc2-c2ccccc21)C(=O)O. The smallest absolute Gasteiger partial charge is 0.407 e. The maximum atomic E-state index is 12.4. The molecule has 7 nitrogen and oxygen atoms in total. The molecule has 1 aliphatic carbocycles. The number of amides is 2. The third-order valence-corrected chi connectivity index (χ3v) is 5.85. The van der Waals surface area contributed by atoms with Gasteiger partial charge in [-0.1, -0.05) is 68.8 Å². The van der Waals surface area contributed by atoms with Crippen molar-refractivity contribution in [3.05, 3.63) is 59.7 Å². The number of hydrogen-bond donors (Lipinski definition) is 3. The maximum Gasteiger partial charge on any atom is 0.407 e. The predicted molar refractivity (Wildman–Crippen MR) is 117 cm³/mol. The molecule has 3 atom stereocenters. The van der Waals surface area contributed by atoms with E-state index in [2.05, 4.69) is 22.8 Å². The molecule has 31 heavy (non-hydrogen) atoms. The Morgan fingerprint density at radius 3 is 2.03 bits per heavy atom. The first-order valence-corrected chi connectivity index (χ1v) is 10.5. The summed E-state index contributed by atoms with van der Waals surface area (Å²) in [4.78, 5) is 36.1. The summed E-state index contributed by atoms with van der Waals surface area (Å²) in [6.45, 7) is 5.24. The van der Waals surface area contributed by atoms with E-state index in [4.69, 9.17) is 4.74 Å². The second-order valence-electron chi connectivity index (χ2n) is 7.90. The van der Waals surface area contributed by atoms with Crippen molar-refractivity contribution in [2.45, 2.75) is 45.2 Å². The second kappa shape index (κ2) is 9.64. The van der Waals surface area contributed by atoms with Gasteiger partial charge in [0.15, 0.2) is 0 Å². The van der Waals surface area contributed by atoms with Crippen LogP contribution in [0, 0.1) is 5.92 Å². The lowest BCUT2D eigenvalue weighted by Crippen LogP contribution is -2.52. The van der Waals surface area contributed by atoms with Gasteiger partial charge >= 0.3 is 12.1 Å². The molecule has 0 aromatic heterocycles. The van der Waals surface area contributed by atoms with E-state index in [0.717, 1.165) is 22.3 Å². The molecule has 2 unspecified atom stereocenters. The van der Waals surface area contributed by atoms with E-state index < -0.39 is 30.1 Å². The fourth-order valence-corrected chi connectivity index (χ4v) is 3.84. The Kier molecular flexibility index (Phi) is 6.95. The summed E-state index contributed by atoms with van der Waals surface area (Å²) in [6, 6.07) is 14.1. The van der Waals surface area contributed by atoms with E-state index >= 15 is 0 Å². The molecule has 0 radical (unpaired) electrons. The van der Waals surface area contributed by atoms with Crippen molar-refractivity contribution in [3.63, 3.8) is 0 Å². The molecule has 0 spiro atoms. The molecule has 3 rings (SSSR count). The largest absolute Gasteiger partial charge is 0.480 e. The van der Waals surface area contributed by atoms with Crippen LogP contribution in [0.4, 0.5) is 4.79 Å². The summed E-state index contributed by atoms with van der Waals surface area (Å²) in [7, 11) is 0. The van der Waals surface area contributed by atoms with Crippen molar-refractivity contribution in [1.82, 2.24) is 10.6 Å². The lowest BCUT2D eigenvalue weighted by Gasteiger charge is -2.22. The van der Waals surface area contributed by atoms with Gasteiger partial charge in [-0.15, -0.1) is 0 Å². The molecular formula is C24H28N2O5. The molecule has 7 heteroatoms. The second-order valence-corrected chi connectivity index (χ2v) is 7.90. The van der Waals surface area contributed by atoms with Gasteiger partial charge in [0.1, 0.15) is 18.7 Å². The molecule has 164 valence electrons. The molecule has 0 fully saturated rings. The van der Waals surface area contributed by atoms with Crippen LogP contribution >= 0.6 is 0 Å². The van der Waals surface area contributed by atoms with Crippen LogP contribution in [0.5, 0.6) is 0 Å². The van der Waals surface area contributed by atoms with Gasteiger partial charge in [-0.3, -0.25) is 4.79 Å². The summed E-state index contributed by atoms with van der Waals surface area (Å²) in [5.74, 6) is -1.98. The van der Waals surface area contributed by atoms with Crippen LogP contribution in [-0.2, 0) is 14.3 Å². The highest BCUT2D eigenvalue weighted by atomic mass is 16.5. The van der Waals surface area contributed by atoms with Crippen LogP contribution in [0.15, 0.2) is 48.5 Å². The lowest BCUT2D eigenvalue weighted by molar-refractivity contribution is -0.143. The van der Waals surface area contributed by atoms with E-state index in [9.17, 15) is 19.5 Å². The molecule has 0 saturated carbocycles. The van der Waals surface area contributed by atoms with E-state index in [1.54, 1.807) is 6.92 Å². The lowest BCUT2D eigenvalue weighted by atomic mass is 9.98. The summed E-state index contributed by atoms with van der Waals surface area (Å²) in [5.41, 5.74) is 4.45. The number of carboxylic acid groups (broad SMARTS) is 1. The number of alkyl carbamates (subject to hydrolysis) is 1. The number of benzene rings is 2. The highest BCUT2D eigenvalue weighted by molar-refractivity contribution is 5.89. The van der Waals surface area contributed by atoms with Gasteiger partial charge in [0, 0.05) is 5.92 Å². The van der Waals surface area contributed by atoms with Crippen molar-refractivity contribution < 1.29 is 24.2 Å². The topological polar surface area (TPSA) is 105 Å². The molecule has 0 saturated heterocycles.